The summed E-state index contributed by atoms with van der Waals surface area (Å²) in [6.07, 6.45) is 1.98. The highest BCUT2D eigenvalue weighted by Gasteiger charge is 1.95. The number of carbonyl (C=O) groups is 1. The molecule has 0 bridgehead atoms. The smallest absolute Gasteiger partial charge is 0.234 e. The van der Waals surface area contributed by atoms with Crippen molar-refractivity contribution in [3.05, 3.63) is 30.1 Å². The van der Waals surface area contributed by atoms with Crippen LogP contribution in [0.4, 0.5) is 0 Å². The molecule has 4 heteroatoms. The van der Waals surface area contributed by atoms with Crippen LogP contribution in [0, 0.1) is 0 Å². The number of rotatable bonds is 2. The molecule has 11 heavy (non-hydrogen) atoms. The lowest BCUT2D eigenvalue weighted by molar-refractivity contribution is -0.106. The Bertz CT molecular complexity index is 268. The Morgan fingerprint density at radius 2 is 2.45 bits per heavy atom. The highest BCUT2D eigenvalue weighted by Crippen LogP contribution is 1.90. The van der Waals surface area contributed by atoms with Gasteiger partial charge in [-0.15, -0.1) is 0 Å². The first-order valence-corrected chi connectivity index (χ1v) is 3.03. The Morgan fingerprint density at radius 1 is 1.64 bits per heavy atom. The van der Waals surface area contributed by atoms with Gasteiger partial charge in [0.2, 0.25) is 6.41 Å². The molecule has 2 N–H and O–H groups in total. The molecule has 0 saturated carbocycles. The summed E-state index contributed by atoms with van der Waals surface area (Å²) in [7, 11) is 0. The molecule has 0 aromatic carbocycles. The van der Waals surface area contributed by atoms with Crippen molar-refractivity contribution < 1.29 is 4.79 Å². The Balaban J connectivity index is 2.94. The van der Waals surface area contributed by atoms with Crippen molar-refractivity contribution in [2.75, 3.05) is 0 Å². The van der Waals surface area contributed by atoms with E-state index in [1.54, 1.807) is 24.4 Å². The maximum absolute atomic E-state index is 9.89. The van der Waals surface area contributed by atoms with Crippen LogP contribution in [0.25, 0.3) is 0 Å². The lowest BCUT2D eigenvalue weighted by atomic mass is 10.3. The summed E-state index contributed by atoms with van der Waals surface area (Å²) >= 11 is 0. The summed E-state index contributed by atoms with van der Waals surface area (Å²) in [6, 6.07) is 5.22. The van der Waals surface area contributed by atoms with Gasteiger partial charge in [-0.1, -0.05) is 6.07 Å². The van der Waals surface area contributed by atoms with Gasteiger partial charge < -0.3 is 5.73 Å². The number of amidine groups is 1. The van der Waals surface area contributed by atoms with Crippen LogP contribution in [-0.2, 0) is 4.79 Å². The van der Waals surface area contributed by atoms with Crippen LogP contribution in [-0.4, -0.2) is 17.2 Å². The number of nitrogens with two attached hydrogens (primary N) is 1. The van der Waals surface area contributed by atoms with Crippen LogP contribution in [0.5, 0.6) is 0 Å². The van der Waals surface area contributed by atoms with E-state index in [1.165, 1.54) is 0 Å². The van der Waals surface area contributed by atoms with E-state index in [-0.39, 0.29) is 5.84 Å². The van der Waals surface area contributed by atoms with Crippen molar-refractivity contribution in [2.45, 2.75) is 0 Å². The normalized spacial score (nSPS) is 11.1. The average Bonchev–Trinajstić information content (AvgIpc) is 2.07. The number of aromatic nitrogens is 1. The molecule has 0 fully saturated rings. The third-order valence-electron chi connectivity index (χ3n) is 1.12. The molecule has 1 aromatic heterocycles. The fraction of sp³-hybridized carbons (Fsp3) is 0. The molecular weight excluding hydrogens is 142 g/mol. The summed E-state index contributed by atoms with van der Waals surface area (Å²) in [5.74, 6) is 0.139. The van der Waals surface area contributed by atoms with Crippen LogP contribution in [0.1, 0.15) is 5.69 Å². The topological polar surface area (TPSA) is 68.3 Å². The Kier molecular flexibility index (Phi) is 2.32. The van der Waals surface area contributed by atoms with Crippen LogP contribution < -0.4 is 5.73 Å². The van der Waals surface area contributed by atoms with Crippen LogP contribution in [0.3, 0.4) is 0 Å². The highest BCUT2D eigenvalue weighted by molar-refractivity contribution is 5.99. The first-order chi connectivity index (χ1) is 5.34. The lowest BCUT2D eigenvalue weighted by Crippen LogP contribution is -2.14. The zero-order valence-electron chi connectivity index (χ0n) is 5.77. The molecule has 0 atom stereocenters. The molecule has 1 heterocycles. The van der Waals surface area contributed by atoms with Crippen molar-refractivity contribution in [2.24, 2.45) is 10.7 Å². The van der Waals surface area contributed by atoms with E-state index < -0.39 is 0 Å². The largest absolute Gasteiger partial charge is 0.382 e. The molecule has 0 unspecified atom stereocenters. The van der Waals surface area contributed by atoms with E-state index in [2.05, 4.69) is 9.98 Å². The molecule has 0 aliphatic rings. The maximum atomic E-state index is 9.89. The van der Waals surface area contributed by atoms with E-state index >= 15 is 0 Å². The summed E-state index contributed by atoms with van der Waals surface area (Å²) in [5.41, 5.74) is 5.88. The second-order valence-corrected chi connectivity index (χ2v) is 1.83. The van der Waals surface area contributed by atoms with Crippen molar-refractivity contribution in [1.29, 1.82) is 0 Å². The lowest BCUT2D eigenvalue weighted by Gasteiger charge is -1.94. The van der Waals surface area contributed by atoms with E-state index in [0.717, 1.165) is 0 Å². The number of hydrogen-bond donors (Lipinski definition) is 1. The third kappa shape index (κ3) is 1.86. The van der Waals surface area contributed by atoms with Crippen molar-refractivity contribution in [1.82, 2.24) is 4.98 Å². The van der Waals surface area contributed by atoms with Gasteiger partial charge in [-0.05, 0) is 12.1 Å². The zero-order valence-corrected chi connectivity index (χ0v) is 5.77. The van der Waals surface area contributed by atoms with Gasteiger partial charge in [0.15, 0.2) is 5.84 Å². The number of nitrogens with zero attached hydrogens (tertiary/aromatic N) is 2. The SMILES string of the molecule is NC(=NC=O)c1ccccn1. The van der Waals surface area contributed by atoms with Crippen molar-refractivity contribution >= 4 is 12.2 Å². The molecule has 1 amide bonds. The van der Waals surface area contributed by atoms with Gasteiger partial charge in [-0.3, -0.25) is 9.78 Å². The predicted molar refractivity (Wildman–Crippen MR) is 41.0 cm³/mol. The minimum Gasteiger partial charge on any atom is -0.382 e. The first kappa shape index (κ1) is 7.40. The highest BCUT2D eigenvalue weighted by atomic mass is 16.1. The zero-order chi connectivity index (χ0) is 8.10. The molecule has 0 aliphatic carbocycles. The number of aliphatic imine (C=N–C) groups is 1. The molecule has 56 valence electrons. The molecule has 0 aliphatic heterocycles. The molecule has 0 radical (unpaired) electrons. The summed E-state index contributed by atoms with van der Waals surface area (Å²) in [5, 5.41) is 0. The van der Waals surface area contributed by atoms with E-state index in [9.17, 15) is 4.79 Å². The molecule has 0 saturated heterocycles. The predicted octanol–water partition coefficient (Wildman–Crippen LogP) is -0.0567. The fourth-order valence-electron chi connectivity index (χ4n) is 0.637. The fourth-order valence-corrected chi connectivity index (χ4v) is 0.637. The Morgan fingerprint density at radius 3 is 3.00 bits per heavy atom. The maximum Gasteiger partial charge on any atom is 0.234 e. The van der Waals surface area contributed by atoms with Crippen LogP contribution in [0.2, 0.25) is 0 Å². The summed E-state index contributed by atoms with van der Waals surface area (Å²) < 4.78 is 0. The van der Waals surface area contributed by atoms with E-state index in [1.807, 2.05) is 0 Å². The Labute approximate surface area is 63.8 Å². The van der Waals surface area contributed by atoms with E-state index in [0.29, 0.717) is 12.1 Å². The first-order valence-electron chi connectivity index (χ1n) is 3.03. The summed E-state index contributed by atoms with van der Waals surface area (Å²) in [4.78, 5) is 17.1. The second kappa shape index (κ2) is 3.46. The number of hydrogen-bond acceptors (Lipinski definition) is 2. The molecule has 0 spiro atoms. The summed E-state index contributed by atoms with van der Waals surface area (Å²) in [6.45, 7) is 0. The molecule has 4 nitrogen and oxygen atoms in total. The number of amides is 1. The minimum absolute atomic E-state index is 0.139. The van der Waals surface area contributed by atoms with Crippen LogP contribution in [0.15, 0.2) is 29.4 Å². The standard InChI is InChI=1S/C7H7N3O/c8-7(10-5-11)6-3-1-2-4-9-6/h1-5H,(H2,8,10,11). The van der Waals surface area contributed by atoms with Crippen LogP contribution >= 0.6 is 0 Å². The monoisotopic (exact) mass is 149 g/mol. The Hall–Kier alpha value is -1.71. The van der Waals surface area contributed by atoms with E-state index in [4.69, 9.17) is 5.73 Å². The van der Waals surface area contributed by atoms with Gasteiger partial charge in [0.25, 0.3) is 0 Å². The van der Waals surface area contributed by atoms with Gasteiger partial charge in [0, 0.05) is 6.20 Å². The molecule has 1 aromatic rings. The van der Waals surface area contributed by atoms with Crippen molar-refractivity contribution in [3.8, 4) is 0 Å². The van der Waals surface area contributed by atoms with Gasteiger partial charge in [-0.25, -0.2) is 0 Å². The molecule has 1 rings (SSSR count). The second-order valence-electron chi connectivity index (χ2n) is 1.83. The van der Waals surface area contributed by atoms with Gasteiger partial charge in [0.1, 0.15) is 5.69 Å². The van der Waals surface area contributed by atoms with Gasteiger partial charge in [0.05, 0.1) is 0 Å². The average molecular weight is 149 g/mol. The number of pyridine rings is 1. The number of carbonyl (C=O) groups excluding carboxylic acids is 1. The van der Waals surface area contributed by atoms with Gasteiger partial charge in [-0.2, -0.15) is 4.99 Å². The van der Waals surface area contributed by atoms with Gasteiger partial charge >= 0.3 is 0 Å². The van der Waals surface area contributed by atoms with Crippen molar-refractivity contribution in [3.63, 3.8) is 0 Å². The molecular formula is C7H7N3O. The quantitative estimate of drug-likeness (QED) is 0.364. The third-order valence-corrected chi connectivity index (χ3v) is 1.12. The minimum atomic E-state index is 0.139.